The molecule has 1 aromatic rings. The fourth-order valence-electron chi connectivity index (χ4n) is 2.48. The van der Waals surface area contributed by atoms with Crippen LogP contribution in [0.25, 0.3) is 0 Å². The molecule has 0 unspecified atom stereocenters. The zero-order chi connectivity index (χ0) is 17.4. The Balaban J connectivity index is 2.00. The number of nitrogens with one attached hydrogen (secondary N) is 1. The van der Waals surface area contributed by atoms with Gasteiger partial charge in [0, 0.05) is 25.0 Å². The molecule has 0 atom stereocenters. The smallest absolute Gasteiger partial charge is 0.338 e. The lowest BCUT2D eigenvalue weighted by Crippen LogP contribution is -2.36. The van der Waals surface area contributed by atoms with Crippen molar-refractivity contribution >= 4 is 17.6 Å². The van der Waals surface area contributed by atoms with Crippen molar-refractivity contribution in [2.75, 3.05) is 25.0 Å². The highest BCUT2D eigenvalue weighted by Gasteiger charge is 2.20. The molecule has 1 N–H and O–H groups in total. The molecule has 24 heavy (non-hydrogen) atoms. The van der Waals surface area contributed by atoms with Crippen LogP contribution < -0.4 is 5.32 Å². The van der Waals surface area contributed by atoms with Crippen molar-refractivity contribution in [3.8, 4) is 6.07 Å². The van der Waals surface area contributed by atoms with Gasteiger partial charge >= 0.3 is 5.97 Å². The summed E-state index contributed by atoms with van der Waals surface area (Å²) in [6.45, 7) is 3.48. The van der Waals surface area contributed by atoms with Gasteiger partial charge in [0.1, 0.15) is 11.6 Å². The van der Waals surface area contributed by atoms with Crippen molar-refractivity contribution in [2.45, 2.75) is 26.2 Å². The summed E-state index contributed by atoms with van der Waals surface area (Å²) in [6.07, 6.45) is 4.50. The Kier molecular flexibility index (Phi) is 6.38. The minimum atomic E-state index is -0.377. The second-order valence-corrected chi connectivity index (χ2v) is 5.46. The molecule has 0 radical (unpaired) electrons. The summed E-state index contributed by atoms with van der Waals surface area (Å²) in [5.74, 6) is -0.620. The normalized spacial score (nSPS) is 14.7. The number of benzene rings is 1. The van der Waals surface area contributed by atoms with E-state index in [-0.39, 0.29) is 17.4 Å². The monoisotopic (exact) mass is 327 g/mol. The lowest BCUT2D eigenvalue weighted by atomic mass is 10.1. The van der Waals surface area contributed by atoms with Crippen LogP contribution in [0.3, 0.4) is 0 Å². The van der Waals surface area contributed by atoms with E-state index in [1.807, 2.05) is 6.07 Å². The van der Waals surface area contributed by atoms with Gasteiger partial charge < -0.3 is 15.0 Å². The molecule has 1 heterocycles. The van der Waals surface area contributed by atoms with Crippen LogP contribution in [0.2, 0.25) is 0 Å². The van der Waals surface area contributed by atoms with Gasteiger partial charge in [-0.15, -0.1) is 0 Å². The number of nitriles is 1. The van der Waals surface area contributed by atoms with E-state index >= 15 is 0 Å². The highest BCUT2D eigenvalue weighted by molar-refractivity contribution is 5.97. The van der Waals surface area contributed by atoms with Crippen molar-refractivity contribution in [3.63, 3.8) is 0 Å². The van der Waals surface area contributed by atoms with E-state index in [9.17, 15) is 14.9 Å². The van der Waals surface area contributed by atoms with E-state index in [0.29, 0.717) is 30.9 Å². The third-order valence-corrected chi connectivity index (χ3v) is 3.77. The van der Waals surface area contributed by atoms with Gasteiger partial charge in [-0.2, -0.15) is 5.26 Å². The average Bonchev–Trinajstić information content (AvgIpc) is 2.63. The first-order valence-electron chi connectivity index (χ1n) is 8.09. The van der Waals surface area contributed by atoms with Gasteiger partial charge in [0.25, 0.3) is 5.91 Å². The molecule has 1 amide bonds. The molecular weight excluding hydrogens is 306 g/mol. The first-order valence-corrected chi connectivity index (χ1v) is 8.09. The second kappa shape index (κ2) is 8.73. The summed E-state index contributed by atoms with van der Waals surface area (Å²) in [5, 5.41) is 12.1. The second-order valence-electron chi connectivity index (χ2n) is 5.46. The quantitative estimate of drug-likeness (QED) is 0.511. The molecule has 1 aliphatic rings. The zero-order valence-electron chi connectivity index (χ0n) is 13.7. The van der Waals surface area contributed by atoms with Gasteiger partial charge in [-0.25, -0.2) is 4.79 Å². The molecule has 6 heteroatoms. The summed E-state index contributed by atoms with van der Waals surface area (Å²) >= 11 is 0. The van der Waals surface area contributed by atoms with E-state index in [4.69, 9.17) is 4.74 Å². The number of esters is 1. The van der Waals surface area contributed by atoms with E-state index < -0.39 is 0 Å². The van der Waals surface area contributed by atoms with Gasteiger partial charge in [-0.1, -0.05) is 0 Å². The van der Waals surface area contributed by atoms with Crippen molar-refractivity contribution in [1.82, 2.24) is 4.90 Å². The first kappa shape index (κ1) is 17.5. The molecule has 1 aromatic carbocycles. The van der Waals surface area contributed by atoms with Crippen molar-refractivity contribution in [2.24, 2.45) is 0 Å². The largest absolute Gasteiger partial charge is 0.462 e. The van der Waals surface area contributed by atoms with Crippen LogP contribution in [-0.2, 0) is 9.53 Å². The van der Waals surface area contributed by atoms with Gasteiger partial charge in [-0.3, -0.25) is 4.79 Å². The van der Waals surface area contributed by atoms with Crippen molar-refractivity contribution in [1.29, 1.82) is 5.26 Å². The predicted molar refractivity (Wildman–Crippen MR) is 90.1 cm³/mol. The molecule has 0 aromatic heterocycles. The van der Waals surface area contributed by atoms with Crippen LogP contribution in [0.15, 0.2) is 36.0 Å². The Labute approximate surface area is 141 Å². The fourth-order valence-corrected chi connectivity index (χ4v) is 2.48. The van der Waals surface area contributed by atoms with Crippen LogP contribution >= 0.6 is 0 Å². The Hall–Kier alpha value is -2.81. The van der Waals surface area contributed by atoms with E-state index in [1.165, 1.54) is 6.20 Å². The Morgan fingerprint density at radius 2 is 1.92 bits per heavy atom. The molecule has 1 aliphatic heterocycles. The molecule has 6 nitrogen and oxygen atoms in total. The molecule has 2 rings (SSSR count). The van der Waals surface area contributed by atoms with E-state index in [1.54, 1.807) is 36.1 Å². The number of amides is 1. The highest BCUT2D eigenvalue weighted by atomic mass is 16.5. The Morgan fingerprint density at radius 3 is 2.50 bits per heavy atom. The predicted octanol–water partition coefficient (Wildman–Crippen LogP) is 2.70. The third kappa shape index (κ3) is 4.59. The lowest BCUT2D eigenvalue weighted by molar-refractivity contribution is -0.127. The maximum atomic E-state index is 12.3. The number of nitrogens with zero attached hydrogens (tertiary/aromatic N) is 2. The van der Waals surface area contributed by atoms with Gasteiger partial charge in [0.05, 0.1) is 12.2 Å². The summed E-state index contributed by atoms with van der Waals surface area (Å²) in [7, 11) is 0. The number of piperidine rings is 1. The molecule has 0 spiro atoms. The number of carbonyl (C=O) groups excluding carboxylic acids is 2. The molecule has 1 fully saturated rings. The maximum Gasteiger partial charge on any atom is 0.338 e. The Bertz CT molecular complexity index is 653. The molecule has 126 valence electrons. The number of likely N-dealkylation sites (tertiary alicyclic amines) is 1. The molecule has 1 saturated heterocycles. The molecule has 0 bridgehead atoms. The first-order chi connectivity index (χ1) is 11.7. The van der Waals surface area contributed by atoms with E-state index in [0.717, 1.165) is 19.3 Å². The topological polar surface area (TPSA) is 82.4 Å². The summed E-state index contributed by atoms with van der Waals surface area (Å²) in [4.78, 5) is 25.6. The molecular formula is C18H21N3O3. The molecule has 0 aliphatic carbocycles. The minimum Gasteiger partial charge on any atom is -0.462 e. The number of rotatable bonds is 5. The fraction of sp³-hybridized carbons (Fsp3) is 0.389. The van der Waals surface area contributed by atoms with Crippen LogP contribution in [-0.4, -0.2) is 36.5 Å². The van der Waals surface area contributed by atoms with Crippen molar-refractivity contribution < 1.29 is 14.3 Å². The van der Waals surface area contributed by atoms with Crippen LogP contribution in [0, 0.1) is 11.3 Å². The number of ether oxygens (including phenoxy) is 1. The van der Waals surface area contributed by atoms with Gasteiger partial charge in [0.15, 0.2) is 0 Å². The van der Waals surface area contributed by atoms with Crippen LogP contribution in [0.5, 0.6) is 0 Å². The van der Waals surface area contributed by atoms with Gasteiger partial charge in [-0.05, 0) is 50.5 Å². The summed E-state index contributed by atoms with van der Waals surface area (Å²) in [6, 6.07) is 8.61. The summed E-state index contributed by atoms with van der Waals surface area (Å²) in [5.41, 5.74) is 1.21. The summed E-state index contributed by atoms with van der Waals surface area (Å²) < 4.78 is 4.92. The third-order valence-electron chi connectivity index (χ3n) is 3.77. The lowest BCUT2D eigenvalue weighted by Gasteiger charge is -2.26. The standard InChI is InChI=1S/C18H21N3O3/c1-2-24-18(23)14-6-8-16(9-7-14)20-13-15(12-19)17(22)21-10-4-3-5-11-21/h6-9,13,20H,2-5,10-11H2,1H3/b15-13-. The number of hydrogen-bond acceptors (Lipinski definition) is 5. The Morgan fingerprint density at radius 1 is 1.25 bits per heavy atom. The average molecular weight is 327 g/mol. The van der Waals surface area contributed by atoms with Crippen molar-refractivity contribution in [3.05, 3.63) is 41.6 Å². The van der Waals surface area contributed by atoms with E-state index in [2.05, 4.69) is 5.32 Å². The number of anilines is 1. The number of hydrogen-bond donors (Lipinski definition) is 1. The number of carbonyl (C=O) groups is 2. The highest BCUT2D eigenvalue weighted by Crippen LogP contribution is 2.14. The van der Waals surface area contributed by atoms with Crippen LogP contribution in [0.1, 0.15) is 36.5 Å². The molecule has 0 saturated carbocycles. The maximum absolute atomic E-state index is 12.3. The SMILES string of the molecule is CCOC(=O)c1ccc(N/C=C(/C#N)C(=O)N2CCCCC2)cc1. The minimum absolute atomic E-state index is 0.0753. The van der Waals surface area contributed by atoms with Gasteiger partial charge in [0.2, 0.25) is 0 Å². The zero-order valence-corrected chi connectivity index (χ0v) is 13.7. The van der Waals surface area contributed by atoms with Crippen LogP contribution in [0.4, 0.5) is 5.69 Å².